The van der Waals surface area contributed by atoms with Crippen molar-refractivity contribution >= 4 is 29.9 Å². The average Bonchev–Trinajstić information content (AvgIpc) is 2.82. The molecule has 3 saturated heterocycles. The summed E-state index contributed by atoms with van der Waals surface area (Å²) < 4.78 is 5.50. The van der Waals surface area contributed by atoms with Crippen LogP contribution in [0.2, 0.25) is 0 Å². The van der Waals surface area contributed by atoms with Crippen LogP contribution in [-0.4, -0.2) is 91.8 Å². The quantitative estimate of drug-likeness (QED) is 0.332. The molecule has 3 unspecified atom stereocenters. The molecule has 7 heteroatoms. The first kappa shape index (κ1) is 25.7. The minimum atomic E-state index is 0. The number of piperidine rings is 2. The Labute approximate surface area is 211 Å². The summed E-state index contributed by atoms with van der Waals surface area (Å²) in [4.78, 5) is 12.8. The van der Waals surface area contributed by atoms with E-state index in [1.54, 1.807) is 0 Å². The summed E-state index contributed by atoms with van der Waals surface area (Å²) in [5.74, 6) is 1.85. The summed E-state index contributed by atoms with van der Waals surface area (Å²) in [5, 5.41) is 3.58. The molecule has 1 aromatic rings. The van der Waals surface area contributed by atoms with Crippen LogP contribution in [0, 0.1) is 5.92 Å². The number of nitrogens with one attached hydrogen (secondary N) is 1. The second-order valence-electron chi connectivity index (χ2n) is 9.35. The van der Waals surface area contributed by atoms with Gasteiger partial charge < -0.3 is 15.0 Å². The van der Waals surface area contributed by atoms with Gasteiger partial charge in [0.05, 0.1) is 19.8 Å². The van der Waals surface area contributed by atoms with E-state index in [1.807, 2.05) is 0 Å². The number of benzene rings is 1. The number of nitrogens with zero attached hydrogens (tertiary/aromatic N) is 4. The number of halogens is 1. The molecule has 1 N–H and O–H groups in total. The lowest BCUT2D eigenvalue weighted by Gasteiger charge is -2.48. The third-order valence-electron chi connectivity index (χ3n) is 7.22. The highest BCUT2D eigenvalue weighted by molar-refractivity contribution is 14.0. The van der Waals surface area contributed by atoms with E-state index >= 15 is 0 Å². The van der Waals surface area contributed by atoms with Gasteiger partial charge in [0.25, 0.3) is 0 Å². The van der Waals surface area contributed by atoms with E-state index in [2.05, 4.69) is 64.2 Å². The van der Waals surface area contributed by atoms with Gasteiger partial charge in [-0.2, -0.15) is 0 Å². The molecule has 4 rings (SSSR count). The predicted molar refractivity (Wildman–Crippen MR) is 143 cm³/mol. The fourth-order valence-corrected chi connectivity index (χ4v) is 5.49. The van der Waals surface area contributed by atoms with Crippen LogP contribution in [0.25, 0.3) is 0 Å². The SMILES string of the molecule is CCNC(=NCC(C)N1CCOCC1)N1CCC2C(CCCN2Cc2ccccc2)C1.I. The summed E-state index contributed by atoms with van der Waals surface area (Å²) >= 11 is 0. The van der Waals surface area contributed by atoms with Crippen molar-refractivity contribution in [1.82, 2.24) is 20.0 Å². The first-order valence-corrected chi connectivity index (χ1v) is 12.4. The highest BCUT2D eigenvalue weighted by Crippen LogP contribution is 2.31. The minimum Gasteiger partial charge on any atom is -0.379 e. The summed E-state index contributed by atoms with van der Waals surface area (Å²) in [5.41, 5.74) is 1.44. The number of rotatable bonds is 6. The van der Waals surface area contributed by atoms with Gasteiger partial charge >= 0.3 is 0 Å². The van der Waals surface area contributed by atoms with E-state index < -0.39 is 0 Å². The molecule has 1 aromatic carbocycles. The monoisotopic (exact) mass is 555 g/mol. The zero-order valence-electron chi connectivity index (χ0n) is 19.9. The number of fused-ring (bicyclic) bond motifs is 1. The van der Waals surface area contributed by atoms with Gasteiger partial charge in [-0.25, -0.2) is 0 Å². The molecule has 0 saturated carbocycles. The van der Waals surface area contributed by atoms with Crippen LogP contribution in [0.3, 0.4) is 0 Å². The van der Waals surface area contributed by atoms with E-state index in [0.717, 1.165) is 70.9 Å². The third kappa shape index (κ3) is 6.81. The Bertz CT molecular complexity index is 697. The smallest absolute Gasteiger partial charge is 0.193 e. The van der Waals surface area contributed by atoms with E-state index in [4.69, 9.17) is 9.73 Å². The molecule has 6 nitrogen and oxygen atoms in total. The second-order valence-corrected chi connectivity index (χ2v) is 9.35. The molecule has 3 aliphatic heterocycles. The molecular formula is C25H42IN5O. The standard InChI is InChI=1S/C25H41N5O.HI/c1-3-26-25(27-18-21(2)28-14-16-31-17-15-28)30-13-11-24-23(20-30)10-7-12-29(24)19-22-8-5-4-6-9-22;/h4-6,8-9,21,23-24H,3,7,10-20H2,1-2H3,(H,26,27);1H. The molecule has 0 amide bonds. The van der Waals surface area contributed by atoms with Gasteiger partial charge in [-0.3, -0.25) is 14.8 Å². The van der Waals surface area contributed by atoms with Crippen molar-refractivity contribution in [1.29, 1.82) is 0 Å². The van der Waals surface area contributed by atoms with Crippen molar-refractivity contribution < 1.29 is 4.74 Å². The first-order chi connectivity index (χ1) is 15.2. The van der Waals surface area contributed by atoms with Crippen LogP contribution in [0.5, 0.6) is 0 Å². The maximum Gasteiger partial charge on any atom is 0.193 e. The van der Waals surface area contributed by atoms with Crippen LogP contribution < -0.4 is 5.32 Å². The molecule has 0 bridgehead atoms. The maximum atomic E-state index is 5.50. The molecule has 3 atom stereocenters. The van der Waals surface area contributed by atoms with Crippen molar-refractivity contribution in [3.05, 3.63) is 35.9 Å². The lowest BCUT2D eigenvalue weighted by Crippen LogP contribution is -2.56. The van der Waals surface area contributed by atoms with E-state index in [1.165, 1.54) is 31.4 Å². The first-order valence-electron chi connectivity index (χ1n) is 12.4. The van der Waals surface area contributed by atoms with Crippen LogP contribution in [-0.2, 0) is 11.3 Å². The maximum absolute atomic E-state index is 5.50. The second kappa shape index (κ2) is 13.1. The average molecular weight is 556 g/mol. The van der Waals surface area contributed by atoms with Crippen molar-refractivity contribution in [2.75, 3.05) is 59.0 Å². The number of hydrogen-bond acceptors (Lipinski definition) is 4. The Hall–Kier alpha value is -0.900. The molecule has 180 valence electrons. The van der Waals surface area contributed by atoms with Gasteiger partial charge in [-0.1, -0.05) is 30.3 Å². The van der Waals surface area contributed by atoms with Crippen LogP contribution in [0.4, 0.5) is 0 Å². The van der Waals surface area contributed by atoms with Crippen LogP contribution in [0.1, 0.15) is 38.7 Å². The fourth-order valence-electron chi connectivity index (χ4n) is 5.49. The lowest BCUT2D eigenvalue weighted by atomic mass is 9.83. The fraction of sp³-hybridized carbons (Fsp3) is 0.720. The molecule has 0 aromatic heterocycles. The largest absolute Gasteiger partial charge is 0.379 e. The van der Waals surface area contributed by atoms with Gasteiger partial charge in [0, 0.05) is 51.4 Å². The zero-order chi connectivity index (χ0) is 21.5. The molecule has 0 radical (unpaired) electrons. The van der Waals surface area contributed by atoms with Gasteiger partial charge in [-0.05, 0) is 51.1 Å². The molecule has 0 spiro atoms. The normalized spacial score (nSPS) is 26.2. The predicted octanol–water partition coefficient (Wildman–Crippen LogP) is 3.28. The van der Waals surface area contributed by atoms with Gasteiger partial charge in [-0.15, -0.1) is 24.0 Å². The molecule has 32 heavy (non-hydrogen) atoms. The number of likely N-dealkylation sites (tertiary alicyclic amines) is 2. The number of aliphatic imine (C=N–C) groups is 1. The summed E-state index contributed by atoms with van der Waals surface area (Å²) in [7, 11) is 0. The van der Waals surface area contributed by atoms with Crippen LogP contribution >= 0.6 is 24.0 Å². The Morgan fingerprint density at radius 3 is 2.66 bits per heavy atom. The van der Waals surface area contributed by atoms with Gasteiger partial charge in [0.2, 0.25) is 0 Å². The van der Waals surface area contributed by atoms with E-state index in [0.29, 0.717) is 12.1 Å². The highest BCUT2D eigenvalue weighted by Gasteiger charge is 2.36. The summed E-state index contributed by atoms with van der Waals surface area (Å²) in [6, 6.07) is 12.1. The molecule has 3 aliphatic rings. The Kier molecular flexibility index (Phi) is 10.5. The number of hydrogen-bond donors (Lipinski definition) is 1. The summed E-state index contributed by atoms with van der Waals surface area (Å²) in [6.45, 7) is 14.6. The van der Waals surface area contributed by atoms with Crippen molar-refractivity contribution in [3.63, 3.8) is 0 Å². The Morgan fingerprint density at radius 1 is 1.12 bits per heavy atom. The van der Waals surface area contributed by atoms with E-state index in [9.17, 15) is 0 Å². The van der Waals surface area contributed by atoms with Crippen LogP contribution in [0.15, 0.2) is 35.3 Å². The molecule has 3 heterocycles. The van der Waals surface area contributed by atoms with Gasteiger partial charge in [0.1, 0.15) is 0 Å². The topological polar surface area (TPSA) is 43.3 Å². The third-order valence-corrected chi connectivity index (χ3v) is 7.22. The van der Waals surface area contributed by atoms with Crippen molar-refractivity contribution in [2.45, 2.75) is 51.7 Å². The van der Waals surface area contributed by atoms with Gasteiger partial charge in [0.15, 0.2) is 5.96 Å². The van der Waals surface area contributed by atoms with Crippen molar-refractivity contribution in [3.8, 4) is 0 Å². The molecular weight excluding hydrogens is 513 g/mol. The Balaban J connectivity index is 0.00000289. The van der Waals surface area contributed by atoms with Crippen molar-refractivity contribution in [2.24, 2.45) is 10.9 Å². The molecule has 0 aliphatic carbocycles. The number of guanidine groups is 1. The summed E-state index contributed by atoms with van der Waals surface area (Å²) in [6.07, 6.45) is 3.89. The minimum absolute atomic E-state index is 0. The number of ether oxygens (including phenoxy) is 1. The van der Waals surface area contributed by atoms with E-state index in [-0.39, 0.29) is 24.0 Å². The highest BCUT2D eigenvalue weighted by atomic mass is 127. The molecule has 3 fully saturated rings. The number of morpholine rings is 1. The Morgan fingerprint density at radius 2 is 1.91 bits per heavy atom. The zero-order valence-corrected chi connectivity index (χ0v) is 22.2. The lowest BCUT2D eigenvalue weighted by molar-refractivity contribution is 0.0218.